The highest BCUT2D eigenvalue weighted by Crippen LogP contribution is 2.24. The molecule has 1 N–H and O–H groups in total. The molecule has 0 aliphatic heterocycles. The Hall–Kier alpha value is -2.04. The molecule has 0 saturated heterocycles. The molecule has 0 aliphatic carbocycles. The lowest BCUT2D eigenvalue weighted by atomic mass is 9.87. The molecule has 1 unspecified atom stereocenters. The Bertz CT molecular complexity index is 415. The normalized spacial score (nSPS) is 13.4. The Balaban J connectivity index is 2.59. The average Bonchev–Trinajstić information content (AvgIpc) is 2.38. The average molecular weight is 252 g/mol. The van der Waals surface area contributed by atoms with Crippen molar-refractivity contribution in [3.63, 3.8) is 0 Å². The summed E-state index contributed by atoms with van der Waals surface area (Å²) in [4.78, 5) is 22.6. The summed E-state index contributed by atoms with van der Waals surface area (Å²) in [6.07, 6.45) is 0.0455. The van der Waals surface area contributed by atoms with Gasteiger partial charge in [0.25, 0.3) is 0 Å². The molecule has 0 amide bonds. The fraction of sp³-hybridized carbons (Fsp3) is 0.385. The summed E-state index contributed by atoms with van der Waals surface area (Å²) in [5.74, 6) is -1.35. The molecule has 1 aromatic rings. The minimum Gasteiger partial charge on any atom is -0.494 e. The van der Waals surface area contributed by atoms with Gasteiger partial charge >= 0.3 is 11.9 Å². The summed E-state index contributed by atoms with van der Waals surface area (Å²) in [7, 11) is 1.17. The topological polar surface area (TPSA) is 72.8 Å². The zero-order chi connectivity index (χ0) is 13.6. The van der Waals surface area contributed by atoms with Crippen molar-refractivity contribution in [2.75, 3.05) is 13.7 Å². The van der Waals surface area contributed by atoms with Crippen LogP contribution >= 0.6 is 0 Å². The molecule has 1 rings (SSSR count). The van der Waals surface area contributed by atoms with Crippen LogP contribution in [0.5, 0.6) is 5.75 Å². The van der Waals surface area contributed by atoms with E-state index >= 15 is 0 Å². The molecule has 0 spiro atoms. The van der Waals surface area contributed by atoms with Gasteiger partial charge in [-0.1, -0.05) is 18.2 Å². The molecule has 98 valence electrons. The van der Waals surface area contributed by atoms with Crippen LogP contribution in [0.3, 0.4) is 0 Å². The monoisotopic (exact) mass is 252 g/mol. The molecule has 0 bridgehead atoms. The second-order valence-electron chi connectivity index (χ2n) is 4.04. The predicted octanol–water partition coefficient (Wildman–Crippen LogP) is 1.72. The number of hydrogen-bond acceptors (Lipinski definition) is 4. The number of benzene rings is 1. The Labute approximate surface area is 105 Å². The molecular formula is C13H16O5. The maximum atomic E-state index is 11.5. The number of esters is 1. The van der Waals surface area contributed by atoms with Gasteiger partial charge < -0.3 is 14.6 Å². The van der Waals surface area contributed by atoms with E-state index in [1.54, 1.807) is 12.1 Å². The van der Waals surface area contributed by atoms with Crippen molar-refractivity contribution in [1.82, 2.24) is 0 Å². The van der Waals surface area contributed by atoms with Gasteiger partial charge in [0.2, 0.25) is 0 Å². The first-order valence-electron chi connectivity index (χ1n) is 5.50. The second-order valence-corrected chi connectivity index (χ2v) is 4.04. The first-order valence-corrected chi connectivity index (χ1v) is 5.50. The lowest BCUT2D eigenvalue weighted by Crippen LogP contribution is -2.38. The van der Waals surface area contributed by atoms with Gasteiger partial charge in [0.15, 0.2) is 5.41 Å². The predicted molar refractivity (Wildman–Crippen MR) is 64.3 cm³/mol. The smallest absolute Gasteiger partial charge is 0.323 e. The van der Waals surface area contributed by atoms with Gasteiger partial charge in [-0.05, 0) is 19.1 Å². The van der Waals surface area contributed by atoms with E-state index in [1.807, 2.05) is 18.2 Å². The number of carbonyl (C=O) groups is 2. The summed E-state index contributed by atoms with van der Waals surface area (Å²) in [5.41, 5.74) is -1.58. The maximum absolute atomic E-state index is 11.5. The lowest BCUT2D eigenvalue weighted by molar-refractivity contribution is -0.166. The van der Waals surface area contributed by atoms with Crippen LogP contribution in [0.15, 0.2) is 30.3 Å². The number of hydrogen-bond donors (Lipinski definition) is 1. The summed E-state index contributed by atoms with van der Waals surface area (Å²) in [5, 5.41) is 9.07. The number of rotatable bonds is 6. The first kappa shape index (κ1) is 14.0. The van der Waals surface area contributed by atoms with Gasteiger partial charge in [0, 0.05) is 6.42 Å². The number of carboxylic acid groups (broad SMARTS) is 1. The van der Waals surface area contributed by atoms with Crippen LogP contribution in [-0.2, 0) is 14.3 Å². The molecule has 0 heterocycles. The van der Waals surface area contributed by atoms with Crippen LogP contribution in [0.1, 0.15) is 13.3 Å². The van der Waals surface area contributed by atoms with Gasteiger partial charge in [0.1, 0.15) is 5.75 Å². The second kappa shape index (κ2) is 6.05. The molecule has 0 aliphatic rings. The summed E-state index contributed by atoms with van der Waals surface area (Å²) in [6.45, 7) is 1.46. The molecule has 0 aromatic heterocycles. The van der Waals surface area contributed by atoms with E-state index in [-0.39, 0.29) is 13.0 Å². The highest BCUT2D eigenvalue weighted by molar-refractivity contribution is 5.98. The fourth-order valence-corrected chi connectivity index (χ4v) is 1.41. The minimum atomic E-state index is -1.58. The van der Waals surface area contributed by atoms with Crippen molar-refractivity contribution >= 4 is 11.9 Å². The zero-order valence-corrected chi connectivity index (χ0v) is 10.4. The third-order valence-electron chi connectivity index (χ3n) is 2.72. The van der Waals surface area contributed by atoms with Crippen LogP contribution in [0.2, 0.25) is 0 Å². The Morgan fingerprint density at radius 2 is 1.89 bits per heavy atom. The summed E-state index contributed by atoms with van der Waals surface area (Å²) in [6, 6.07) is 8.99. The van der Waals surface area contributed by atoms with Crippen molar-refractivity contribution in [3.8, 4) is 5.75 Å². The number of ether oxygens (including phenoxy) is 2. The van der Waals surface area contributed by atoms with Crippen molar-refractivity contribution in [2.24, 2.45) is 5.41 Å². The van der Waals surface area contributed by atoms with E-state index in [0.717, 1.165) is 0 Å². The van der Waals surface area contributed by atoms with Gasteiger partial charge in [-0.15, -0.1) is 0 Å². The molecule has 1 atom stereocenters. The molecule has 5 heteroatoms. The van der Waals surface area contributed by atoms with E-state index in [0.29, 0.717) is 5.75 Å². The van der Waals surface area contributed by atoms with E-state index in [2.05, 4.69) is 4.74 Å². The van der Waals surface area contributed by atoms with Gasteiger partial charge in [0.05, 0.1) is 13.7 Å². The molecule has 1 aromatic carbocycles. The van der Waals surface area contributed by atoms with Gasteiger partial charge in [-0.3, -0.25) is 9.59 Å². The molecule has 18 heavy (non-hydrogen) atoms. The van der Waals surface area contributed by atoms with Crippen molar-refractivity contribution in [2.45, 2.75) is 13.3 Å². The van der Waals surface area contributed by atoms with Gasteiger partial charge in [-0.25, -0.2) is 0 Å². The van der Waals surface area contributed by atoms with Crippen LogP contribution < -0.4 is 4.74 Å². The Kier molecular flexibility index (Phi) is 4.71. The Morgan fingerprint density at radius 1 is 1.28 bits per heavy atom. The lowest BCUT2D eigenvalue weighted by Gasteiger charge is -2.21. The zero-order valence-electron chi connectivity index (χ0n) is 10.4. The van der Waals surface area contributed by atoms with Crippen molar-refractivity contribution < 1.29 is 24.2 Å². The van der Waals surface area contributed by atoms with Crippen LogP contribution in [0.25, 0.3) is 0 Å². The molecule has 5 nitrogen and oxygen atoms in total. The summed E-state index contributed by atoms with van der Waals surface area (Å²) < 4.78 is 9.88. The molecule has 0 fully saturated rings. The third kappa shape index (κ3) is 3.23. The summed E-state index contributed by atoms with van der Waals surface area (Å²) >= 11 is 0. The fourth-order valence-electron chi connectivity index (χ4n) is 1.41. The highest BCUT2D eigenvalue weighted by Gasteiger charge is 2.42. The molecule has 0 radical (unpaired) electrons. The van der Waals surface area contributed by atoms with Crippen LogP contribution in [0, 0.1) is 5.41 Å². The Morgan fingerprint density at radius 3 is 2.39 bits per heavy atom. The van der Waals surface area contributed by atoms with Crippen molar-refractivity contribution in [3.05, 3.63) is 30.3 Å². The third-order valence-corrected chi connectivity index (χ3v) is 2.72. The highest BCUT2D eigenvalue weighted by atomic mass is 16.5. The number of para-hydroxylation sites is 1. The van der Waals surface area contributed by atoms with Crippen molar-refractivity contribution in [1.29, 1.82) is 0 Å². The maximum Gasteiger partial charge on any atom is 0.323 e. The quantitative estimate of drug-likeness (QED) is 0.616. The largest absolute Gasteiger partial charge is 0.494 e. The number of carbonyl (C=O) groups excluding carboxylic acids is 1. The standard InChI is InChI=1S/C13H16O5/c1-13(11(14)15,12(16)17-2)8-9-18-10-6-4-3-5-7-10/h3-7H,8-9H2,1-2H3,(H,14,15). The molecular weight excluding hydrogens is 236 g/mol. The molecule has 0 saturated carbocycles. The number of carboxylic acids is 1. The number of methoxy groups -OCH3 is 1. The van der Waals surface area contributed by atoms with E-state index in [1.165, 1.54) is 14.0 Å². The van der Waals surface area contributed by atoms with E-state index in [4.69, 9.17) is 9.84 Å². The SMILES string of the molecule is COC(=O)C(C)(CCOc1ccccc1)C(=O)O. The van der Waals surface area contributed by atoms with Crippen LogP contribution in [0.4, 0.5) is 0 Å². The minimum absolute atomic E-state index is 0.0455. The van der Waals surface area contributed by atoms with Gasteiger partial charge in [-0.2, -0.15) is 0 Å². The first-order chi connectivity index (χ1) is 8.50. The van der Waals surface area contributed by atoms with E-state index < -0.39 is 17.4 Å². The van der Waals surface area contributed by atoms with Crippen LogP contribution in [-0.4, -0.2) is 30.8 Å². The number of aliphatic carboxylic acids is 1. The van der Waals surface area contributed by atoms with E-state index in [9.17, 15) is 9.59 Å².